The van der Waals surface area contributed by atoms with Gasteiger partial charge in [0.15, 0.2) is 3.95 Å². The van der Waals surface area contributed by atoms with E-state index in [0.717, 1.165) is 3.95 Å². The highest BCUT2D eigenvalue weighted by Gasteiger charge is 2.05. The summed E-state index contributed by atoms with van der Waals surface area (Å²) in [6.07, 6.45) is 0. The maximum Gasteiger partial charge on any atom is 0.160 e. The molecule has 0 radical (unpaired) electrons. The molecule has 64 valence electrons. The molecule has 3 aromatic rings. The van der Waals surface area contributed by atoms with Gasteiger partial charge in [0, 0.05) is 10.1 Å². The van der Waals surface area contributed by atoms with Crippen molar-refractivity contribution in [2.75, 3.05) is 0 Å². The molecule has 0 aliphatic carbocycles. The average molecular weight is 223 g/mol. The number of benzene rings is 1. The van der Waals surface area contributed by atoms with Crippen molar-refractivity contribution in [3.63, 3.8) is 0 Å². The molecule has 1 nitrogen and oxygen atoms in total. The minimum atomic E-state index is 0.868. The van der Waals surface area contributed by atoms with Crippen molar-refractivity contribution in [2.24, 2.45) is 0 Å². The zero-order valence-electron chi connectivity index (χ0n) is 6.53. The van der Waals surface area contributed by atoms with Gasteiger partial charge in [0.1, 0.15) is 4.01 Å². The molecule has 2 heterocycles. The summed E-state index contributed by atoms with van der Waals surface area (Å²) in [5, 5.41) is 1.29. The number of nitrogens with one attached hydrogen (secondary N) is 1. The van der Waals surface area contributed by atoms with Crippen molar-refractivity contribution in [2.45, 2.75) is 0 Å². The van der Waals surface area contributed by atoms with Crippen molar-refractivity contribution in [1.29, 1.82) is 0 Å². The molecule has 1 aromatic carbocycles. The van der Waals surface area contributed by atoms with Crippen molar-refractivity contribution in [1.82, 2.24) is 4.98 Å². The van der Waals surface area contributed by atoms with Crippen LogP contribution in [0.4, 0.5) is 0 Å². The van der Waals surface area contributed by atoms with Gasteiger partial charge in [0.05, 0.1) is 5.52 Å². The van der Waals surface area contributed by atoms with Crippen LogP contribution in [0.2, 0.25) is 0 Å². The van der Waals surface area contributed by atoms with E-state index < -0.39 is 0 Å². The maximum atomic E-state index is 5.10. The minimum absolute atomic E-state index is 0.868. The molecule has 0 saturated heterocycles. The Bertz CT molecular complexity index is 629. The van der Waals surface area contributed by atoms with E-state index in [9.17, 15) is 0 Å². The molecule has 0 unspecified atom stereocenters. The van der Waals surface area contributed by atoms with E-state index >= 15 is 0 Å². The van der Waals surface area contributed by atoms with Gasteiger partial charge >= 0.3 is 0 Å². The Labute approximate surface area is 87.7 Å². The van der Waals surface area contributed by atoms with Crippen molar-refractivity contribution in [3.8, 4) is 0 Å². The molecule has 0 aliphatic rings. The number of hydrogen-bond acceptors (Lipinski definition) is 3. The summed E-state index contributed by atoms with van der Waals surface area (Å²) < 4.78 is 3.49. The second-order valence-corrected chi connectivity index (χ2v) is 5.77. The number of fused-ring (bicyclic) bond motifs is 3. The molecule has 0 spiro atoms. The number of aromatic nitrogens is 1. The van der Waals surface area contributed by atoms with Crippen LogP contribution in [0.25, 0.3) is 19.6 Å². The first-order chi connectivity index (χ1) is 6.34. The van der Waals surface area contributed by atoms with Crippen molar-refractivity contribution < 1.29 is 0 Å². The molecule has 2 aromatic heterocycles. The van der Waals surface area contributed by atoms with Gasteiger partial charge in [-0.15, -0.1) is 11.3 Å². The van der Waals surface area contributed by atoms with Crippen LogP contribution >= 0.6 is 34.9 Å². The lowest BCUT2D eigenvalue weighted by Crippen LogP contribution is -1.64. The summed E-state index contributed by atoms with van der Waals surface area (Å²) in [5.41, 5.74) is 1.20. The topological polar surface area (TPSA) is 15.8 Å². The van der Waals surface area contributed by atoms with Gasteiger partial charge in [-0.3, -0.25) is 0 Å². The van der Waals surface area contributed by atoms with Gasteiger partial charge in [0.2, 0.25) is 0 Å². The standard InChI is InChI=1S/C9H5NS3/c11-9-10-7-5-3-1-2-4-6(5)12-8(7)13-9/h1-4H,(H,10,11). The van der Waals surface area contributed by atoms with Gasteiger partial charge in [-0.05, 0) is 18.3 Å². The predicted molar refractivity (Wildman–Crippen MR) is 62.4 cm³/mol. The lowest BCUT2D eigenvalue weighted by molar-refractivity contribution is 1.49. The molecule has 0 amide bonds. The fraction of sp³-hybridized carbons (Fsp3) is 0. The first-order valence-electron chi connectivity index (χ1n) is 3.85. The third-order valence-corrected chi connectivity index (χ3v) is 4.47. The molecule has 3 rings (SSSR count). The van der Waals surface area contributed by atoms with E-state index in [-0.39, 0.29) is 0 Å². The number of hydrogen-bond donors (Lipinski definition) is 1. The normalized spacial score (nSPS) is 11.4. The highest BCUT2D eigenvalue weighted by Crippen LogP contribution is 2.35. The Balaban J connectivity index is 2.67. The van der Waals surface area contributed by atoms with E-state index in [1.54, 1.807) is 22.7 Å². The van der Waals surface area contributed by atoms with Crippen LogP contribution < -0.4 is 0 Å². The molecule has 0 atom stereocenters. The quantitative estimate of drug-likeness (QED) is 0.565. The van der Waals surface area contributed by atoms with E-state index in [1.807, 2.05) is 0 Å². The minimum Gasteiger partial charge on any atom is -0.336 e. The molecule has 0 saturated carbocycles. The summed E-state index contributed by atoms with van der Waals surface area (Å²) in [6, 6.07) is 8.40. The fourth-order valence-electron chi connectivity index (χ4n) is 1.43. The lowest BCUT2D eigenvalue weighted by atomic mass is 10.2. The molecule has 0 bridgehead atoms. The summed E-state index contributed by atoms with van der Waals surface area (Å²) in [7, 11) is 0. The zero-order chi connectivity index (χ0) is 8.84. The molecule has 1 N–H and O–H groups in total. The fourth-order valence-corrected chi connectivity index (χ4v) is 4.10. The van der Waals surface area contributed by atoms with Crippen LogP contribution in [0.3, 0.4) is 0 Å². The van der Waals surface area contributed by atoms with E-state index in [4.69, 9.17) is 12.2 Å². The number of thiazole rings is 1. The molecule has 4 heteroatoms. The second-order valence-electron chi connectivity index (χ2n) is 2.78. The van der Waals surface area contributed by atoms with Gasteiger partial charge in [-0.2, -0.15) is 0 Å². The molecular weight excluding hydrogens is 218 g/mol. The lowest BCUT2D eigenvalue weighted by Gasteiger charge is -1.85. The van der Waals surface area contributed by atoms with Gasteiger partial charge < -0.3 is 4.98 Å². The monoisotopic (exact) mass is 223 g/mol. The molecule has 13 heavy (non-hydrogen) atoms. The summed E-state index contributed by atoms with van der Waals surface area (Å²) in [4.78, 5) is 3.23. The van der Waals surface area contributed by atoms with Crippen LogP contribution in [0, 0.1) is 3.95 Å². The van der Waals surface area contributed by atoms with Crippen molar-refractivity contribution in [3.05, 3.63) is 28.2 Å². The number of rotatable bonds is 0. The van der Waals surface area contributed by atoms with Gasteiger partial charge in [0.25, 0.3) is 0 Å². The summed E-state index contributed by atoms with van der Waals surface area (Å²) in [5.74, 6) is 0. The SMILES string of the molecule is S=c1[nH]c2c(s1)sc1ccccc12. The third kappa shape index (κ3) is 1.06. The Morgan fingerprint density at radius 3 is 2.92 bits per heavy atom. The summed E-state index contributed by atoms with van der Waals surface area (Å²) >= 11 is 8.56. The highest BCUT2D eigenvalue weighted by molar-refractivity contribution is 7.74. The van der Waals surface area contributed by atoms with Crippen LogP contribution in [0.15, 0.2) is 24.3 Å². The van der Waals surface area contributed by atoms with E-state index in [0.29, 0.717) is 0 Å². The first kappa shape index (κ1) is 7.67. The molecular formula is C9H5NS3. The third-order valence-electron chi connectivity index (χ3n) is 1.98. The van der Waals surface area contributed by atoms with E-state index in [2.05, 4.69) is 29.2 Å². The zero-order valence-corrected chi connectivity index (χ0v) is 8.98. The smallest absolute Gasteiger partial charge is 0.160 e. The summed E-state index contributed by atoms with van der Waals surface area (Å²) in [6.45, 7) is 0. The largest absolute Gasteiger partial charge is 0.336 e. The Morgan fingerprint density at radius 2 is 2.00 bits per heavy atom. The highest BCUT2D eigenvalue weighted by atomic mass is 32.2. The van der Waals surface area contributed by atoms with Crippen LogP contribution in [-0.4, -0.2) is 4.98 Å². The molecule has 0 aliphatic heterocycles. The van der Waals surface area contributed by atoms with Crippen molar-refractivity contribution >= 4 is 54.5 Å². The number of thiophene rings is 1. The number of aromatic amines is 1. The average Bonchev–Trinajstić information content (AvgIpc) is 2.60. The predicted octanol–water partition coefficient (Wildman–Crippen LogP) is 4.17. The molecule has 0 fully saturated rings. The Morgan fingerprint density at radius 1 is 1.15 bits per heavy atom. The Hall–Kier alpha value is -0.710. The van der Waals surface area contributed by atoms with Gasteiger partial charge in [-0.1, -0.05) is 29.5 Å². The first-order valence-corrected chi connectivity index (χ1v) is 5.89. The van der Waals surface area contributed by atoms with E-state index in [1.165, 1.54) is 19.6 Å². The van der Waals surface area contributed by atoms with Crippen LogP contribution in [-0.2, 0) is 0 Å². The Kier molecular flexibility index (Phi) is 1.56. The number of H-pyrrole nitrogens is 1. The van der Waals surface area contributed by atoms with Crippen LogP contribution in [0.5, 0.6) is 0 Å². The van der Waals surface area contributed by atoms with Gasteiger partial charge in [-0.25, -0.2) is 0 Å². The second kappa shape index (κ2) is 2.64. The van der Waals surface area contributed by atoms with Crippen LogP contribution in [0.1, 0.15) is 0 Å². The maximum absolute atomic E-state index is 5.10.